The van der Waals surface area contributed by atoms with Crippen molar-refractivity contribution in [2.75, 3.05) is 0 Å². The van der Waals surface area contributed by atoms with Crippen LogP contribution in [0.25, 0.3) is 10.8 Å². The van der Waals surface area contributed by atoms with E-state index in [-0.39, 0.29) is 0 Å². The van der Waals surface area contributed by atoms with E-state index in [4.69, 9.17) is 0 Å². The maximum absolute atomic E-state index is 2.44. The van der Waals surface area contributed by atoms with Crippen molar-refractivity contribution in [1.29, 1.82) is 0 Å². The number of hydrogen-bond donors (Lipinski definition) is 0. The third kappa shape index (κ3) is 6.97. The molecule has 0 saturated carbocycles. The van der Waals surface area contributed by atoms with Crippen molar-refractivity contribution in [1.82, 2.24) is 0 Å². The second kappa shape index (κ2) is 12.3. The number of unbranched alkanes of at least 4 members (excludes halogenated alkanes) is 8. The Bertz CT molecular complexity index is 570. The van der Waals surface area contributed by atoms with Crippen LogP contribution in [0.4, 0.5) is 0 Å². The third-order valence-corrected chi connectivity index (χ3v) is 8.45. The summed E-state index contributed by atoms with van der Waals surface area (Å²) in [5, 5.41) is 4.66. The zero-order valence-corrected chi connectivity index (χ0v) is 17.5. The van der Waals surface area contributed by atoms with Crippen molar-refractivity contribution in [3.8, 4) is 0 Å². The van der Waals surface area contributed by atoms with Gasteiger partial charge in [0.25, 0.3) is 0 Å². The second-order valence-corrected chi connectivity index (χ2v) is 10.2. The van der Waals surface area contributed by atoms with Crippen LogP contribution in [0.3, 0.4) is 0 Å². The van der Waals surface area contributed by atoms with E-state index >= 15 is 0 Å². The average Bonchev–Trinajstić information content (AvgIpc) is 2.65. The zero-order chi connectivity index (χ0) is 17.7. The quantitative estimate of drug-likeness (QED) is 0.258. The Balaban J connectivity index is 2.01. The van der Waals surface area contributed by atoms with E-state index in [0.29, 0.717) is 0 Å². The summed E-state index contributed by atoms with van der Waals surface area (Å²) in [6, 6.07) is 19.0. The Morgan fingerprint density at radius 2 is 1.16 bits per heavy atom. The highest BCUT2D eigenvalue weighted by Gasteiger charge is 2.16. The first-order valence-electron chi connectivity index (χ1n) is 10.7. The number of fused-ring (bicyclic) bond motifs is 1. The fourth-order valence-electron chi connectivity index (χ4n) is 3.81. The zero-order valence-electron chi connectivity index (χ0n) is 16.5. The maximum atomic E-state index is 2.44. The molecule has 2 rings (SSSR count). The SMILES string of the molecule is CCCCCCC[Si](CCCCCCC)c1cccc2ccccc12. The first-order valence-corrected chi connectivity index (χ1v) is 12.6. The molecular weight excluding hydrogens is 316 g/mol. The third-order valence-electron chi connectivity index (χ3n) is 5.33. The van der Waals surface area contributed by atoms with Gasteiger partial charge in [-0.3, -0.25) is 0 Å². The normalized spacial score (nSPS) is 11.5. The highest BCUT2D eigenvalue weighted by atomic mass is 28.3. The van der Waals surface area contributed by atoms with E-state index < -0.39 is 8.80 Å². The summed E-state index contributed by atoms with van der Waals surface area (Å²) in [7, 11) is -0.421. The molecule has 0 fully saturated rings. The fourth-order valence-corrected chi connectivity index (χ4v) is 6.89. The monoisotopic (exact) mass is 353 g/mol. The first kappa shape index (κ1) is 20.2. The molecule has 0 aliphatic rings. The molecule has 0 bridgehead atoms. The van der Waals surface area contributed by atoms with Crippen molar-refractivity contribution in [2.45, 2.75) is 90.1 Å². The highest BCUT2D eigenvalue weighted by Crippen LogP contribution is 2.19. The maximum Gasteiger partial charge on any atom is 0.0864 e. The minimum atomic E-state index is -0.421. The predicted molar refractivity (Wildman–Crippen MR) is 116 cm³/mol. The molecule has 1 radical (unpaired) electrons. The summed E-state index contributed by atoms with van der Waals surface area (Å²) in [6.45, 7) is 4.61. The van der Waals surface area contributed by atoms with E-state index in [9.17, 15) is 0 Å². The van der Waals surface area contributed by atoms with E-state index in [0.717, 1.165) is 0 Å². The lowest BCUT2D eigenvalue weighted by Crippen LogP contribution is -2.30. The van der Waals surface area contributed by atoms with Crippen LogP contribution >= 0.6 is 0 Å². The lowest BCUT2D eigenvalue weighted by molar-refractivity contribution is 0.646. The number of benzene rings is 2. The molecule has 0 atom stereocenters. The lowest BCUT2D eigenvalue weighted by Gasteiger charge is -2.18. The Labute approximate surface area is 157 Å². The molecule has 0 spiro atoms. The topological polar surface area (TPSA) is 0 Å². The van der Waals surface area contributed by atoms with Crippen LogP contribution in [0, 0.1) is 0 Å². The van der Waals surface area contributed by atoms with Crippen LogP contribution in [0.1, 0.15) is 78.1 Å². The molecule has 2 aromatic rings. The van der Waals surface area contributed by atoms with Crippen LogP contribution in [-0.4, -0.2) is 8.80 Å². The Hall–Kier alpha value is -1.08. The Morgan fingerprint density at radius 3 is 1.80 bits per heavy atom. The second-order valence-electron chi connectivity index (χ2n) is 7.46. The van der Waals surface area contributed by atoms with Crippen LogP contribution in [0.2, 0.25) is 12.1 Å². The largest absolute Gasteiger partial charge is 0.0864 e. The molecule has 0 aliphatic heterocycles. The van der Waals surface area contributed by atoms with Gasteiger partial charge in [-0.05, 0) is 10.8 Å². The van der Waals surface area contributed by atoms with Crippen molar-refractivity contribution < 1.29 is 0 Å². The van der Waals surface area contributed by atoms with Gasteiger partial charge in [0.15, 0.2) is 0 Å². The van der Waals surface area contributed by atoms with E-state index in [1.54, 1.807) is 5.19 Å². The van der Waals surface area contributed by atoms with Crippen LogP contribution in [0.5, 0.6) is 0 Å². The summed E-state index contributed by atoms with van der Waals surface area (Å²) in [6.07, 6.45) is 14.1. The van der Waals surface area contributed by atoms with Gasteiger partial charge in [-0.2, -0.15) is 0 Å². The lowest BCUT2D eigenvalue weighted by atomic mass is 10.1. The molecule has 0 heterocycles. The molecule has 0 aromatic heterocycles. The van der Waals surface area contributed by atoms with Gasteiger partial charge >= 0.3 is 0 Å². The molecule has 0 unspecified atom stereocenters. The van der Waals surface area contributed by atoms with Crippen molar-refractivity contribution in [3.05, 3.63) is 42.5 Å². The van der Waals surface area contributed by atoms with Gasteiger partial charge in [-0.1, -0.05) is 138 Å². The molecular formula is C24H37Si. The minimum absolute atomic E-state index is 0.421. The summed E-state index contributed by atoms with van der Waals surface area (Å²) < 4.78 is 0. The van der Waals surface area contributed by atoms with Crippen LogP contribution < -0.4 is 5.19 Å². The molecule has 2 aromatic carbocycles. The van der Waals surface area contributed by atoms with E-state index in [2.05, 4.69) is 56.3 Å². The minimum Gasteiger partial charge on any atom is -0.0654 e. The predicted octanol–water partition coefficient (Wildman–Crippen LogP) is 7.48. The van der Waals surface area contributed by atoms with Gasteiger partial charge in [0, 0.05) is 0 Å². The van der Waals surface area contributed by atoms with Crippen LogP contribution in [0.15, 0.2) is 42.5 Å². The highest BCUT2D eigenvalue weighted by molar-refractivity contribution is 6.75. The van der Waals surface area contributed by atoms with Gasteiger partial charge < -0.3 is 0 Å². The van der Waals surface area contributed by atoms with Gasteiger partial charge in [-0.25, -0.2) is 0 Å². The fraction of sp³-hybridized carbons (Fsp3) is 0.583. The molecule has 137 valence electrons. The summed E-state index contributed by atoms with van der Waals surface area (Å²) >= 11 is 0. The Kier molecular flexibility index (Phi) is 9.95. The molecule has 25 heavy (non-hydrogen) atoms. The molecule has 0 N–H and O–H groups in total. The molecule has 0 aliphatic carbocycles. The smallest absolute Gasteiger partial charge is 0.0654 e. The van der Waals surface area contributed by atoms with Crippen molar-refractivity contribution >= 4 is 24.8 Å². The van der Waals surface area contributed by atoms with Gasteiger partial charge in [0.1, 0.15) is 0 Å². The first-order chi connectivity index (χ1) is 12.4. The van der Waals surface area contributed by atoms with Crippen molar-refractivity contribution in [2.24, 2.45) is 0 Å². The Morgan fingerprint density at radius 1 is 0.600 bits per heavy atom. The summed E-state index contributed by atoms with van der Waals surface area (Å²) in [5.74, 6) is 0. The molecule has 0 nitrogen and oxygen atoms in total. The van der Waals surface area contributed by atoms with Crippen molar-refractivity contribution in [3.63, 3.8) is 0 Å². The number of rotatable bonds is 13. The van der Waals surface area contributed by atoms with Gasteiger partial charge in [0.05, 0.1) is 8.80 Å². The summed E-state index contributed by atoms with van der Waals surface area (Å²) in [5.41, 5.74) is 0. The van der Waals surface area contributed by atoms with E-state index in [1.165, 1.54) is 87.1 Å². The van der Waals surface area contributed by atoms with Crippen LogP contribution in [-0.2, 0) is 0 Å². The molecule has 0 amide bonds. The standard InChI is InChI=1S/C24H37Si/c1-3-5-7-9-13-20-25(21-14-10-8-6-4-2)24-19-15-17-22-16-11-12-18-23(22)24/h11-12,15-19H,3-10,13-14,20-21H2,1-2H3. The molecule has 1 heteroatoms. The molecule has 0 saturated heterocycles. The number of hydrogen-bond acceptors (Lipinski definition) is 0. The van der Waals surface area contributed by atoms with Gasteiger partial charge in [-0.15, -0.1) is 0 Å². The van der Waals surface area contributed by atoms with E-state index in [1.807, 2.05) is 0 Å². The van der Waals surface area contributed by atoms with Gasteiger partial charge in [0.2, 0.25) is 0 Å². The average molecular weight is 354 g/mol. The summed E-state index contributed by atoms with van der Waals surface area (Å²) in [4.78, 5) is 0.